The summed E-state index contributed by atoms with van der Waals surface area (Å²) in [5.74, 6) is -0.199. The average Bonchev–Trinajstić information content (AvgIpc) is 2.55. The van der Waals surface area contributed by atoms with Crippen molar-refractivity contribution in [3.05, 3.63) is 62.0 Å². The Bertz CT molecular complexity index is 944. The second kappa shape index (κ2) is 6.55. The Morgan fingerprint density at radius 2 is 1.68 bits per heavy atom. The lowest BCUT2D eigenvalue weighted by atomic mass is 9.82. The summed E-state index contributed by atoms with van der Waals surface area (Å²) >= 11 is 0. The number of aromatic nitrogens is 2. The molecule has 2 rings (SSSR count). The summed E-state index contributed by atoms with van der Waals surface area (Å²) < 4.78 is 15.4. The highest BCUT2D eigenvalue weighted by atomic mass is 19.1. The lowest BCUT2D eigenvalue weighted by Gasteiger charge is -2.33. The normalized spacial score (nSPS) is 12.5. The first kappa shape index (κ1) is 18.5. The molecule has 0 aliphatic rings. The van der Waals surface area contributed by atoms with Gasteiger partial charge in [0.25, 0.3) is 5.56 Å². The molecule has 1 atom stereocenters. The van der Waals surface area contributed by atoms with Crippen molar-refractivity contribution in [3.8, 4) is 6.07 Å². The monoisotopic (exact) mass is 344 g/mol. The lowest BCUT2D eigenvalue weighted by molar-refractivity contribution is 0.345. The zero-order chi connectivity index (χ0) is 18.9. The number of hydrogen-bond donors (Lipinski definition) is 1. The van der Waals surface area contributed by atoms with Gasteiger partial charge >= 0.3 is 5.69 Å². The molecule has 1 aromatic heterocycles. The Morgan fingerprint density at radius 1 is 1.12 bits per heavy atom. The third-order valence-electron chi connectivity index (χ3n) is 4.13. The molecule has 0 radical (unpaired) electrons. The van der Waals surface area contributed by atoms with Gasteiger partial charge in [-0.1, -0.05) is 32.9 Å². The number of anilines is 1. The zero-order valence-corrected chi connectivity index (χ0v) is 14.9. The van der Waals surface area contributed by atoms with Crippen LogP contribution in [0.4, 0.5) is 10.2 Å². The predicted molar refractivity (Wildman–Crippen MR) is 93.9 cm³/mol. The molecule has 132 valence electrons. The van der Waals surface area contributed by atoms with Gasteiger partial charge in [0.15, 0.2) is 5.56 Å². The number of halogens is 1. The summed E-state index contributed by atoms with van der Waals surface area (Å²) in [7, 11) is 2.83. The van der Waals surface area contributed by atoms with Crippen LogP contribution in [0, 0.1) is 22.6 Å². The van der Waals surface area contributed by atoms with Crippen LogP contribution in [0.1, 0.15) is 37.9 Å². The molecule has 0 bridgehead atoms. The van der Waals surface area contributed by atoms with E-state index in [2.05, 4.69) is 5.32 Å². The highest BCUT2D eigenvalue weighted by Crippen LogP contribution is 2.36. The highest BCUT2D eigenvalue weighted by molar-refractivity contribution is 5.53. The topological polar surface area (TPSA) is 79.8 Å². The van der Waals surface area contributed by atoms with Crippen LogP contribution >= 0.6 is 0 Å². The van der Waals surface area contributed by atoms with Gasteiger partial charge in [-0.15, -0.1) is 0 Å². The van der Waals surface area contributed by atoms with E-state index in [1.807, 2.05) is 26.8 Å². The molecule has 2 aromatic rings. The molecule has 0 saturated carbocycles. The standard InChI is InChI=1S/C18H21FN4O2/c1-18(2,3)14(11-6-8-12(19)9-7-11)21-15-13(10-20)16(24)23(5)17(25)22(15)4/h6-9,14,21H,1-5H3. The van der Waals surface area contributed by atoms with Gasteiger partial charge in [-0.3, -0.25) is 13.9 Å². The molecule has 1 unspecified atom stereocenters. The van der Waals surface area contributed by atoms with E-state index in [-0.39, 0.29) is 28.7 Å². The van der Waals surface area contributed by atoms with Crippen LogP contribution in [0.3, 0.4) is 0 Å². The minimum Gasteiger partial charge on any atom is -0.363 e. The molecule has 0 spiro atoms. The fourth-order valence-corrected chi connectivity index (χ4v) is 2.71. The van der Waals surface area contributed by atoms with Crippen molar-refractivity contribution >= 4 is 5.82 Å². The maximum absolute atomic E-state index is 13.3. The van der Waals surface area contributed by atoms with Gasteiger partial charge < -0.3 is 5.32 Å². The van der Waals surface area contributed by atoms with E-state index in [9.17, 15) is 19.2 Å². The first-order chi connectivity index (χ1) is 11.6. The van der Waals surface area contributed by atoms with E-state index >= 15 is 0 Å². The Hall–Kier alpha value is -2.88. The number of nitriles is 1. The molecule has 0 fully saturated rings. The van der Waals surface area contributed by atoms with E-state index in [1.54, 1.807) is 12.1 Å². The second-order valence-electron chi connectivity index (χ2n) is 7.04. The summed E-state index contributed by atoms with van der Waals surface area (Å²) in [5.41, 5.74) is -0.869. The zero-order valence-electron chi connectivity index (χ0n) is 14.9. The van der Waals surface area contributed by atoms with E-state index < -0.39 is 11.2 Å². The van der Waals surface area contributed by atoms with Crippen molar-refractivity contribution in [2.24, 2.45) is 19.5 Å². The quantitative estimate of drug-likeness (QED) is 0.926. The van der Waals surface area contributed by atoms with Gasteiger partial charge in [-0.2, -0.15) is 5.26 Å². The molecular weight excluding hydrogens is 323 g/mol. The Labute approximate surface area is 145 Å². The van der Waals surface area contributed by atoms with Crippen molar-refractivity contribution in [1.82, 2.24) is 9.13 Å². The molecule has 0 saturated heterocycles. The maximum atomic E-state index is 13.3. The molecule has 6 nitrogen and oxygen atoms in total. The average molecular weight is 344 g/mol. The van der Waals surface area contributed by atoms with Crippen molar-refractivity contribution in [2.45, 2.75) is 26.8 Å². The van der Waals surface area contributed by atoms with Crippen LogP contribution in [0.15, 0.2) is 33.9 Å². The molecular formula is C18H21FN4O2. The van der Waals surface area contributed by atoms with Crippen LogP contribution in [-0.4, -0.2) is 9.13 Å². The van der Waals surface area contributed by atoms with Crippen LogP contribution in [0.2, 0.25) is 0 Å². The summed E-state index contributed by atoms with van der Waals surface area (Å²) in [6.45, 7) is 5.91. The van der Waals surface area contributed by atoms with Crippen LogP contribution < -0.4 is 16.6 Å². The minimum atomic E-state index is -0.653. The van der Waals surface area contributed by atoms with E-state index in [1.165, 1.54) is 30.8 Å². The Morgan fingerprint density at radius 3 is 2.16 bits per heavy atom. The van der Waals surface area contributed by atoms with Crippen molar-refractivity contribution in [3.63, 3.8) is 0 Å². The third-order valence-corrected chi connectivity index (χ3v) is 4.13. The fourth-order valence-electron chi connectivity index (χ4n) is 2.71. The third kappa shape index (κ3) is 3.48. The van der Waals surface area contributed by atoms with Gasteiger partial charge in [0, 0.05) is 14.1 Å². The number of hydrogen-bond acceptors (Lipinski definition) is 4. The Kier molecular flexibility index (Phi) is 4.84. The second-order valence-corrected chi connectivity index (χ2v) is 7.04. The molecule has 1 heterocycles. The maximum Gasteiger partial charge on any atom is 0.332 e. The molecule has 0 amide bonds. The van der Waals surface area contributed by atoms with Gasteiger partial charge in [0.05, 0.1) is 6.04 Å². The molecule has 1 N–H and O–H groups in total. The van der Waals surface area contributed by atoms with Gasteiger partial charge in [-0.05, 0) is 23.1 Å². The molecule has 0 aliphatic heterocycles. The van der Waals surface area contributed by atoms with E-state index in [4.69, 9.17) is 0 Å². The molecule has 7 heteroatoms. The van der Waals surface area contributed by atoms with Gasteiger partial charge in [0.2, 0.25) is 0 Å². The number of nitrogens with one attached hydrogen (secondary N) is 1. The summed E-state index contributed by atoms with van der Waals surface area (Å²) in [6.07, 6.45) is 0. The van der Waals surface area contributed by atoms with Crippen LogP contribution in [-0.2, 0) is 14.1 Å². The van der Waals surface area contributed by atoms with Crippen molar-refractivity contribution in [2.75, 3.05) is 5.32 Å². The highest BCUT2D eigenvalue weighted by Gasteiger charge is 2.29. The molecule has 0 aliphatic carbocycles. The number of nitrogens with zero attached hydrogens (tertiary/aromatic N) is 3. The molecule has 25 heavy (non-hydrogen) atoms. The van der Waals surface area contributed by atoms with E-state index in [0.717, 1.165) is 10.1 Å². The fraction of sp³-hybridized carbons (Fsp3) is 0.389. The van der Waals surface area contributed by atoms with Crippen molar-refractivity contribution < 1.29 is 4.39 Å². The van der Waals surface area contributed by atoms with Crippen LogP contribution in [0.5, 0.6) is 0 Å². The predicted octanol–water partition coefficient (Wildman–Crippen LogP) is 2.29. The smallest absolute Gasteiger partial charge is 0.332 e. The van der Waals surface area contributed by atoms with E-state index in [0.29, 0.717) is 0 Å². The SMILES string of the molecule is Cn1c(NC(c2ccc(F)cc2)C(C)(C)C)c(C#N)c(=O)n(C)c1=O. The summed E-state index contributed by atoms with van der Waals surface area (Å²) in [4.78, 5) is 24.5. The number of rotatable bonds is 3. The van der Waals surface area contributed by atoms with Crippen molar-refractivity contribution in [1.29, 1.82) is 5.26 Å². The molecule has 1 aromatic carbocycles. The lowest BCUT2D eigenvalue weighted by Crippen LogP contribution is -2.41. The first-order valence-corrected chi connectivity index (χ1v) is 7.80. The Balaban J connectivity index is 2.66. The largest absolute Gasteiger partial charge is 0.363 e. The van der Waals surface area contributed by atoms with Gasteiger partial charge in [0.1, 0.15) is 17.7 Å². The number of benzene rings is 1. The van der Waals surface area contributed by atoms with Crippen LogP contribution in [0.25, 0.3) is 0 Å². The first-order valence-electron chi connectivity index (χ1n) is 7.80. The summed E-state index contributed by atoms with van der Waals surface area (Å²) in [6, 6.07) is 7.51. The minimum absolute atomic E-state index is 0.138. The van der Waals surface area contributed by atoms with Gasteiger partial charge in [-0.25, -0.2) is 9.18 Å². The summed E-state index contributed by atoms with van der Waals surface area (Å²) in [5, 5.41) is 12.5.